The van der Waals surface area contributed by atoms with Crippen LogP contribution >= 0.6 is 0 Å². The van der Waals surface area contributed by atoms with Crippen LogP contribution in [-0.4, -0.2) is 24.5 Å². The van der Waals surface area contributed by atoms with Gasteiger partial charge in [0.2, 0.25) is 0 Å². The number of aliphatic imine (C=N–C) groups is 2. The minimum Gasteiger partial charge on any atom is -0.371 e. The first-order chi connectivity index (χ1) is 10.4. The molecule has 0 aliphatic heterocycles. The van der Waals surface area contributed by atoms with Crippen LogP contribution in [0.4, 0.5) is 24.7 Å². The van der Waals surface area contributed by atoms with Crippen LogP contribution < -0.4 is 5.32 Å². The number of hydrogen-bond acceptors (Lipinski definition) is 4. The molecule has 1 heterocycles. The van der Waals surface area contributed by atoms with Crippen LogP contribution in [0.1, 0.15) is 19.4 Å². The van der Waals surface area contributed by atoms with Crippen LogP contribution in [0.25, 0.3) is 0 Å². The minimum atomic E-state index is -4.45. The first-order valence-corrected chi connectivity index (χ1v) is 6.48. The van der Waals surface area contributed by atoms with E-state index in [0.717, 1.165) is 17.8 Å². The van der Waals surface area contributed by atoms with Crippen LogP contribution in [0, 0.1) is 0 Å². The third-order valence-electron chi connectivity index (χ3n) is 2.50. The Bertz CT molecular complexity index is 614. The highest BCUT2D eigenvalue weighted by Gasteiger charge is 2.31. The topological polar surface area (TPSA) is 49.6 Å². The number of nitrogens with one attached hydrogen (secondary N) is 1. The van der Waals surface area contributed by atoms with Crippen molar-refractivity contribution in [3.63, 3.8) is 0 Å². The molecule has 118 valence electrons. The molecule has 4 nitrogen and oxygen atoms in total. The number of rotatable bonds is 5. The highest BCUT2D eigenvalue weighted by molar-refractivity contribution is 5.88. The Morgan fingerprint density at radius 2 is 2.09 bits per heavy atom. The number of hydrogen-bond donors (Lipinski definition) is 1. The van der Waals surface area contributed by atoms with Gasteiger partial charge in [-0.15, -0.1) is 0 Å². The fraction of sp³-hybridized carbons (Fsp3) is 0.267. The van der Waals surface area contributed by atoms with Crippen molar-refractivity contribution in [3.05, 3.63) is 41.8 Å². The van der Waals surface area contributed by atoms with Gasteiger partial charge >= 0.3 is 6.18 Å². The van der Waals surface area contributed by atoms with Gasteiger partial charge in [0, 0.05) is 31.9 Å². The minimum absolute atomic E-state index is 0.121. The van der Waals surface area contributed by atoms with Crippen LogP contribution in [0.3, 0.4) is 0 Å². The van der Waals surface area contributed by atoms with E-state index in [4.69, 9.17) is 0 Å². The predicted octanol–water partition coefficient (Wildman–Crippen LogP) is 4.40. The summed E-state index contributed by atoms with van der Waals surface area (Å²) < 4.78 is 38.1. The molecule has 1 rings (SSSR count). The molecule has 22 heavy (non-hydrogen) atoms. The fourth-order valence-electron chi connectivity index (χ4n) is 1.41. The average molecular weight is 310 g/mol. The summed E-state index contributed by atoms with van der Waals surface area (Å²) in [5.74, 6) is 0.277. The molecular weight excluding hydrogens is 293 g/mol. The second-order valence-electron chi connectivity index (χ2n) is 4.29. The zero-order valence-corrected chi connectivity index (χ0v) is 12.5. The lowest BCUT2D eigenvalue weighted by Gasteiger charge is -2.09. The largest absolute Gasteiger partial charge is 0.417 e. The smallest absolute Gasteiger partial charge is 0.371 e. The molecule has 0 aliphatic rings. The zero-order chi connectivity index (χ0) is 16.6. The Morgan fingerprint density at radius 1 is 1.36 bits per heavy atom. The van der Waals surface area contributed by atoms with Gasteiger partial charge in [-0.3, -0.25) is 9.98 Å². The zero-order valence-electron chi connectivity index (χ0n) is 12.5. The summed E-state index contributed by atoms with van der Waals surface area (Å²) in [7, 11) is 1.57. The van der Waals surface area contributed by atoms with Crippen LogP contribution in [0.15, 0.2) is 46.2 Å². The van der Waals surface area contributed by atoms with Crippen molar-refractivity contribution in [1.29, 1.82) is 0 Å². The fourth-order valence-corrected chi connectivity index (χ4v) is 1.41. The van der Waals surface area contributed by atoms with E-state index in [1.54, 1.807) is 38.5 Å². The average Bonchev–Trinajstić information content (AvgIpc) is 2.48. The quantitative estimate of drug-likeness (QED) is 0.820. The molecule has 0 saturated carbocycles. The molecule has 0 spiro atoms. The second-order valence-corrected chi connectivity index (χ2v) is 4.29. The Hall–Kier alpha value is -2.44. The SMILES string of the molecule is C/C=C/N=C/C=C(\C)C=Nc1cc(C(F)(F)F)cnc1NC. The van der Waals surface area contributed by atoms with Gasteiger partial charge in [0.15, 0.2) is 5.82 Å². The summed E-state index contributed by atoms with van der Waals surface area (Å²) in [5, 5.41) is 2.71. The van der Waals surface area contributed by atoms with Crippen LogP contribution in [-0.2, 0) is 6.18 Å². The first-order valence-electron chi connectivity index (χ1n) is 6.48. The third-order valence-corrected chi connectivity index (χ3v) is 2.50. The number of aromatic nitrogens is 1. The standard InChI is InChI=1S/C15H17F3N4/c1-4-6-20-7-5-11(2)9-21-13-8-12(15(16,17)18)10-22-14(13)19-3/h4-10H,1-3H3,(H,19,22)/b6-4+,11-5+,20-7+,21-9?. The summed E-state index contributed by atoms with van der Waals surface area (Å²) in [6.07, 6.45) is 4.46. The van der Waals surface area contributed by atoms with E-state index in [1.165, 1.54) is 6.21 Å². The summed E-state index contributed by atoms with van der Waals surface area (Å²) in [5.41, 5.74) is 0.0260. The molecule has 0 radical (unpaired) electrons. The lowest BCUT2D eigenvalue weighted by Crippen LogP contribution is -2.06. The molecule has 0 aromatic carbocycles. The first kappa shape index (κ1) is 17.6. The maximum Gasteiger partial charge on any atom is 0.417 e. The highest BCUT2D eigenvalue weighted by Crippen LogP contribution is 2.33. The van der Waals surface area contributed by atoms with Crippen molar-refractivity contribution in [3.8, 4) is 0 Å². The van der Waals surface area contributed by atoms with E-state index in [-0.39, 0.29) is 11.5 Å². The van der Waals surface area contributed by atoms with Gasteiger partial charge in [-0.2, -0.15) is 13.2 Å². The second kappa shape index (κ2) is 8.11. The molecule has 0 aliphatic carbocycles. The van der Waals surface area contributed by atoms with E-state index in [1.807, 2.05) is 6.92 Å². The number of pyridine rings is 1. The van der Waals surface area contributed by atoms with Gasteiger partial charge in [0.1, 0.15) is 5.69 Å². The number of anilines is 1. The molecule has 1 aromatic heterocycles. The summed E-state index contributed by atoms with van der Waals surface area (Å²) in [6, 6.07) is 0.955. The molecule has 0 amide bonds. The summed E-state index contributed by atoms with van der Waals surface area (Å²) in [4.78, 5) is 11.7. The maximum atomic E-state index is 12.7. The van der Waals surface area contributed by atoms with Crippen molar-refractivity contribution in [2.75, 3.05) is 12.4 Å². The molecule has 0 unspecified atom stereocenters. The van der Waals surface area contributed by atoms with Crippen LogP contribution in [0.2, 0.25) is 0 Å². The monoisotopic (exact) mass is 310 g/mol. The molecule has 7 heteroatoms. The van der Waals surface area contributed by atoms with Gasteiger partial charge in [-0.25, -0.2) is 4.98 Å². The van der Waals surface area contributed by atoms with Gasteiger partial charge in [0.05, 0.1) is 5.56 Å². The van der Waals surface area contributed by atoms with E-state index in [9.17, 15) is 13.2 Å². The Kier molecular flexibility index (Phi) is 6.49. The number of halogens is 3. The van der Waals surface area contributed by atoms with Crippen molar-refractivity contribution in [2.45, 2.75) is 20.0 Å². The summed E-state index contributed by atoms with van der Waals surface area (Å²) in [6.45, 7) is 3.61. The van der Waals surface area contributed by atoms with Gasteiger partial charge in [-0.05, 0) is 31.6 Å². The molecule has 0 atom stereocenters. The summed E-state index contributed by atoms with van der Waals surface area (Å²) >= 11 is 0. The van der Waals surface area contributed by atoms with Crippen molar-refractivity contribution >= 4 is 23.9 Å². The molecular formula is C15H17F3N4. The van der Waals surface area contributed by atoms with E-state index >= 15 is 0 Å². The maximum absolute atomic E-state index is 12.7. The molecule has 1 N–H and O–H groups in total. The van der Waals surface area contributed by atoms with Crippen molar-refractivity contribution in [1.82, 2.24) is 4.98 Å². The Balaban J connectivity index is 3.02. The molecule has 1 aromatic rings. The highest BCUT2D eigenvalue weighted by atomic mass is 19.4. The lowest BCUT2D eigenvalue weighted by atomic mass is 10.2. The van der Waals surface area contributed by atoms with Gasteiger partial charge < -0.3 is 5.32 Å². The molecule has 0 saturated heterocycles. The van der Waals surface area contributed by atoms with Crippen molar-refractivity contribution < 1.29 is 13.2 Å². The molecule has 0 fully saturated rings. The Labute approximate surface area is 127 Å². The van der Waals surface area contributed by atoms with Crippen molar-refractivity contribution in [2.24, 2.45) is 9.98 Å². The normalized spacial score (nSPS) is 13.6. The number of allylic oxidation sites excluding steroid dienone is 3. The van der Waals surface area contributed by atoms with Gasteiger partial charge in [-0.1, -0.05) is 6.08 Å². The van der Waals surface area contributed by atoms with E-state index in [2.05, 4.69) is 20.3 Å². The number of alkyl halides is 3. The Morgan fingerprint density at radius 3 is 2.68 bits per heavy atom. The van der Waals surface area contributed by atoms with E-state index in [0.29, 0.717) is 0 Å². The lowest BCUT2D eigenvalue weighted by molar-refractivity contribution is -0.137. The van der Waals surface area contributed by atoms with E-state index < -0.39 is 11.7 Å². The third kappa shape index (κ3) is 5.51. The molecule has 0 bridgehead atoms. The predicted molar refractivity (Wildman–Crippen MR) is 84.0 cm³/mol. The van der Waals surface area contributed by atoms with Gasteiger partial charge in [0.25, 0.3) is 0 Å². The van der Waals surface area contributed by atoms with Crippen LogP contribution in [0.5, 0.6) is 0 Å². The number of nitrogens with zero attached hydrogens (tertiary/aromatic N) is 3.